The van der Waals surface area contributed by atoms with E-state index in [1.807, 2.05) is 0 Å². The lowest BCUT2D eigenvalue weighted by molar-refractivity contribution is -0.120. The van der Waals surface area contributed by atoms with Crippen LogP contribution in [0.4, 0.5) is 0 Å². The highest BCUT2D eigenvalue weighted by Crippen LogP contribution is 2.33. The van der Waals surface area contributed by atoms with Gasteiger partial charge in [0.2, 0.25) is 5.91 Å². The van der Waals surface area contributed by atoms with E-state index in [9.17, 15) is 4.79 Å². The quantitative estimate of drug-likeness (QED) is 0.575. The first-order valence-electron chi connectivity index (χ1n) is 4.79. The molecule has 0 radical (unpaired) electrons. The molecule has 3 nitrogen and oxygen atoms in total. The molecule has 1 aliphatic rings. The summed E-state index contributed by atoms with van der Waals surface area (Å²) in [5, 5.41) is 2.85. The smallest absolute Gasteiger partial charge is 0.221 e. The Morgan fingerprint density at radius 3 is 2.83 bits per heavy atom. The van der Waals surface area contributed by atoms with E-state index in [0.29, 0.717) is 13.0 Å². The Labute approximate surface area is 73.7 Å². The maximum absolute atomic E-state index is 10.9. The average Bonchev–Trinajstić information content (AvgIpc) is 2.82. The molecule has 0 spiro atoms. The van der Waals surface area contributed by atoms with Gasteiger partial charge in [-0.05, 0) is 18.8 Å². The predicted octanol–water partition coefficient (Wildman–Crippen LogP) is 0.642. The fourth-order valence-corrected chi connectivity index (χ4v) is 1.24. The average molecular weight is 170 g/mol. The van der Waals surface area contributed by atoms with Crippen LogP contribution in [0.3, 0.4) is 0 Å². The van der Waals surface area contributed by atoms with Crippen LogP contribution in [-0.2, 0) is 4.79 Å². The first-order chi connectivity index (χ1) is 5.83. The van der Waals surface area contributed by atoms with Crippen LogP contribution in [0.25, 0.3) is 0 Å². The van der Waals surface area contributed by atoms with Gasteiger partial charge in [0, 0.05) is 19.5 Å². The topological polar surface area (TPSA) is 55.1 Å². The molecule has 0 saturated heterocycles. The maximum atomic E-state index is 10.9. The summed E-state index contributed by atoms with van der Waals surface area (Å²) in [4.78, 5) is 10.9. The summed E-state index contributed by atoms with van der Waals surface area (Å²) >= 11 is 0. The van der Waals surface area contributed by atoms with Crippen LogP contribution < -0.4 is 11.1 Å². The van der Waals surface area contributed by atoms with Gasteiger partial charge in [-0.3, -0.25) is 4.79 Å². The standard InChI is InChI=1S/C9H18N2O/c10-6-5-9(12)11-7-1-2-8-3-4-8/h8H,1-7,10H2,(H,11,12). The molecule has 1 aliphatic carbocycles. The Morgan fingerprint density at radius 1 is 1.50 bits per heavy atom. The molecule has 0 aliphatic heterocycles. The molecule has 12 heavy (non-hydrogen) atoms. The molecule has 3 heteroatoms. The molecule has 0 aromatic rings. The Morgan fingerprint density at radius 2 is 2.25 bits per heavy atom. The van der Waals surface area contributed by atoms with Crippen LogP contribution in [0.2, 0.25) is 0 Å². The van der Waals surface area contributed by atoms with Crippen molar-refractivity contribution in [3.63, 3.8) is 0 Å². The minimum Gasteiger partial charge on any atom is -0.356 e. The van der Waals surface area contributed by atoms with Gasteiger partial charge in [0.15, 0.2) is 0 Å². The molecule has 0 bridgehead atoms. The normalized spacial score (nSPS) is 16.1. The number of carbonyl (C=O) groups is 1. The molecular weight excluding hydrogens is 152 g/mol. The number of hydrogen-bond donors (Lipinski definition) is 2. The Hall–Kier alpha value is -0.570. The molecule has 0 unspecified atom stereocenters. The molecule has 1 amide bonds. The zero-order valence-corrected chi connectivity index (χ0v) is 7.51. The summed E-state index contributed by atoms with van der Waals surface area (Å²) < 4.78 is 0. The van der Waals surface area contributed by atoms with E-state index in [1.54, 1.807) is 0 Å². The van der Waals surface area contributed by atoms with Crippen molar-refractivity contribution >= 4 is 5.91 Å². The first kappa shape index (κ1) is 9.52. The molecule has 1 fully saturated rings. The van der Waals surface area contributed by atoms with Crippen molar-refractivity contribution in [3.8, 4) is 0 Å². The fraction of sp³-hybridized carbons (Fsp3) is 0.889. The van der Waals surface area contributed by atoms with Crippen molar-refractivity contribution in [2.45, 2.75) is 32.1 Å². The molecule has 0 aromatic heterocycles. The van der Waals surface area contributed by atoms with Crippen LogP contribution in [0.5, 0.6) is 0 Å². The van der Waals surface area contributed by atoms with Crippen molar-refractivity contribution in [1.29, 1.82) is 0 Å². The van der Waals surface area contributed by atoms with Crippen LogP contribution in [0.1, 0.15) is 32.1 Å². The number of hydrogen-bond acceptors (Lipinski definition) is 2. The zero-order valence-electron chi connectivity index (χ0n) is 7.51. The molecule has 3 N–H and O–H groups in total. The second-order valence-corrected chi connectivity index (χ2v) is 3.47. The van der Waals surface area contributed by atoms with Crippen molar-refractivity contribution in [1.82, 2.24) is 5.32 Å². The second-order valence-electron chi connectivity index (χ2n) is 3.47. The van der Waals surface area contributed by atoms with E-state index >= 15 is 0 Å². The van der Waals surface area contributed by atoms with E-state index in [2.05, 4.69) is 5.32 Å². The zero-order chi connectivity index (χ0) is 8.81. The van der Waals surface area contributed by atoms with Gasteiger partial charge in [0.1, 0.15) is 0 Å². The van der Waals surface area contributed by atoms with Crippen molar-refractivity contribution in [2.24, 2.45) is 11.7 Å². The highest BCUT2D eigenvalue weighted by Gasteiger charge is 2.19. The summed E-state index contributed by atoms with van der Waals surface area (Å²) in [7, 11) is 0. The fourth-order valence-electron chi connectivity index (χ4n) is 1.24. The monoisotopic (exact) mass is 170 g/mol. The lowest BCUT2D eigenvalue weighted by Gasteiger charge is -2.02. The Balaban J connectivity index is 1.83. The van der Waals surface area contributed by atoms with E-state index in [-0.39, 0.29) is 5.91 Å². The molecular formula is C9H18N2O. The third-order valence-electron chi connectivity index (χ3n) is 2.18. The lowest BCUT2D eigenvalue weighted by atomic mass is 10.2. The highest BCUT2D eigenvalue weighted by molar-refractivity contribution is 5.75. The van der Waals surface area contributed by atoms with Gasteiger partial charge in [0.25, 0.3) is 0 Å². The third-order valence-corrected chi connectivity index (χ3v) is 2.18. The Bertz CT molecular complexity index is 143. The minimum absolute atomic E-state index is 0.0910. The molecule has 1 rings (SSSR count). The molecule has 0 atom stereocenters. The highest BCUT2D eigenvalue weighted by atomic mass is 16.1. The van der Waals surface area contributed by atoms with E-state index in [4.69, 9.17) is 5.73 Å². The van der Waals surface area contributed by atoms with E-state index in [1.165, 1.54) is 19.3 Å². The minimum atomic E-state index is 0.0910. The van der Waals surface area contributed by atoms with Crippen molar-refractivity contribution in [3.05, 3.63) is 0 Å². The van der Waals surface area contributed by atoms with E-state index in [0.717, 1.165) is 18.9 Å². The van der Waals surface area contributed by atoms with E-state index < -0.39 is 0 Å². The van der Waals surface area contributed by atoms with Gasteiger partial charge >= 0.3 is 0 Å². The number of nitrogens with two attached hydrogens (primary N) is 1. The second kappa shape index (κ2) is 5.14. The molecule has 1 saturated carbocycles. The van der Waals surface area contributed by atoms with Crippen LogP contribution >= 0.6 is 0 Å². The predicted molar refractivity (Wildman–Crippen MR) is 48.6 cm³/mol. The first-order valence-corrected chi connectivity index (χ1v) is 4.79. The summed E-state index contributed by atoms with van der Waals surface area (Å²) in [6.45, 7) is 1.28. The van der Waals surface area contributed by atoms with Crippen molar-refractivity contribution in [2.75, 3.05) is 13.1 Å². The van der Waals surface area contributed by atoms with Gasteiger partial charge in [0.05, 0.1) is 0 Å². The number of amides is 1. The number of nitrogens with one attached hydrogen (secondary N) is 1. The van der Waals surface area contributed by atoms with Crippen LogP contribution in [-0.4, -0.2) is 19.0 Å². The van der Waals surface area contributed by atoms with Gasteiger partial charge in [-0.2, -0.15) is 0 Å². The summed E-state index contributed by atoms with van der Waals surface area (Å²) in [6.07, 6.45) is 5.67. The van der Waals surface area contributed by atoms with Gasteiger partial charge in [-0.1, -0.05) is 12.8 Å². The van der Waals surface area contributed by atoms with Crippen LogP contribution in [0, 0.1) is 5.92 Å². The summed E-state index contributed by atoms with van der Waals surface area (Å²) in [5.74, 6) is 1.06. The third kappa shape index (κ3) is 4.34. The van der Waals surface area contributed by atoms with Crippen LogP contribution in [0.15, 0.2) is 0 Å². The number of carbonyl (C=O) groups excluding carboxylic acids is 1. The maximum Gasteiger partial charge on any atom is 0.221 e. The van der Waals surface area contributed by atoms with Gasteiger partial charge < -0.3 is 11.1 Å². The van der Waals surface area contributed by atoms with Gasteiger partial charge in [-0.15, -0.1) is 0 Å². The van der Waals surface area contributed by atoms with Gasteiger partial charge in [-0.25, -0.2) is 0 Å². The molecule has 0 heterocycles. The molecule has 70 valence electrons. The lowest BCUT2D eigenvalue weighted by Crippen LogP contribution is -2.26. The SMILES string of the molecule is NCCC(=O)NCCCC1CC1. The summed E-state index contributed by atoms with van der Waals surface area (Å²) in [6, 6.07) is 0. The molecule has 0 aromatic carbocycles. The van der Waals surface area contributed by atoms with Crippen molar-refractivity contribution < 1.29 is 4.79 Å². The summed E-state index contributed by atoms with van der Waals surface area (Å²) in [5.41, 5.74) is 5.23. The Kier molecular flexibility index (Phi) is 4.08. The number of rotatable bonds is 6. The largest absolute Gasteiger partial charge is 0.356 e.